The van der Waals surface area contributed by atoms with Gasteiger partial charge >= 0.3 is 0 Å². The van der Waals surface area contributed by atoms with Crippen LogP contribution in [-0.4, -0.2) is 33.7 Å². The highest BCUT2D eigenvalue weighted by Crippen LogP contribution is 2.25. The number of piperidine rings is 1. The van der Waals surface area contributed by atoms with Gasteiger partial charge in [0, 0.05) is 5.54 Å². The van der Waals surface area contributed by atoms with Gasteiger partial charge < -0.3 is 5.73 Å². The van der Waals surface area contributed by atoms with Crippen LogP contribution < -0.4 is 5.73 Å². The van der Waals surface area contributed by atoms with E-state index in [1.54, 1.807) is 6.20 Å². The number of rotatable bonds is 3. The average molecular weight is 234 g/mol. The number of nitrogen functional groups attached to an aromatic ring is 1. The van der Waals surface area contributed by atoms with Crippen LogP contribution in [0.3, 0.4) is 0 Å². The third kappa shape index (κ3) is 2.94. The molecule has 2 heterocycles. The van der Waals surface area contributed by atoms with Gasteiger partial charge in [-0.2, -0.15) is 5.10 Å². The van der Waals surface area contributed by atoms with Crippen molar-refractivity contribution in [3.05, 3.63) is 17.8 Å². The summed E-state index contributed by atoms with van der Waals surface area (Å²) in [6, 6.07) is 1.98. The Bertz CT molecular complexity index is 369. The number of anilines is 1. The van der Waals surface area contributed by atoms with Crippen LogP contribution in [0.15, 0.2) is 12.3 Å². The number of aromatic nitrogens is 2. The molecule has 1 aromatic rings. The molecule has 0 aromatic carbocycles. The third-order valence-corrected chi connectivity index (χ3v) is 3.67. The van der Waals surface area contributed by atoms with E-state index in [1.165, 1.54) is 32.4 Å². The molecule has 2 N–H and O–H groups in total. The lowest BCUT2D eigenvalue weighted by atomic mass is 9.91. The Morgan fingerprint density at radius 1 is 1.29 bits per heavy atom. The highest BCUT2D eigenvalue weighted by Gasteiger charge is 2.28. The van der Waals surface area contributed by atoms with E-state index in [1.807, 2.05) is 6.07 Å². The fraction of sp³-hybridized carbons (Fsp3) is 0.692. The average Bonchev–Trinajstić information content (AvgIpc) is 2.33. The minimum Gasteiger partial charge on any atom is -0.382 e. The van der Waals surface area contributed by atoms with Gasteiger partial charge in [-0.15, -0.1) is 5.10 Å². The van der Waals surface area contributed by atoms with E-state index in [0.29, 0.717) is 5.82 Å². The van der Waals surface area contributed by atoms with Gasteiger partial charge in [-0.25, -0.2) is 0 Å². The normalized spacial score (nSPS) is 18.2. The summed E-state index contributed by atoms with van der Waals surface area (Å²) in [7, 11) is 0. The molecule has 0 spiro atoms. The summed E-state index contributed by atoms with van der Waals surface area (Å²) < 4.78 is 0. The number of nitrogens with zero attached hydrogens (tertiary/aromatic N) is 3. The van der Waals surface area contributed by atoms with Crippen LogP contribution in [-0.2, 0) is 6.42 Å². The smallest absolute Gasteiger partial charge is 0.149 e. The van der Waals surface area contributed by atoms with Crippen molar-refractivity contribution in [2.45, 2.75) is 45.1 Å². The number of nitrogens with two attached hydrogens (primary N) is 1. The summed E-state index contributed by atoms with van der Waals surface area (Å²) in [5.41, 5.74) is 7.12. The van der Waals surface area contributed by atoms with Gasteiger partial charge in [-0.05, 0) is 57.8 Å². The van der Waals surface area contributed by atoms with E-state index >= 15 is 0 Å². The number of hydrogen-bond acceptors (Lipinski definition) is 4. The largest absolute Gasteiger partial charge is 0.382 e. The second-order valence-electron chi connectivity index (χ2n) is 5.48. The molecule has 4 nitrogen and oxygen atoms in total. The summed E-state index contributed by atoms with van der Waals surface area (Å²) in [6.45, 7) is 6.98. The second-order valence-corrected chi connectivity index (χ2v) is 5.48. The predicted octanol–water partition coefficient (Wildman–Crippen LogP) is 1.87. The molecule has 94 valence electrons. The van der Waals surface area contributed by atoms with Crippen molar-refractivity contribution in [3.63, 3.8) is 0 Å². The van der Waals surface area contributed by atoms with Crippen LogP contribution in [0.5, 0.6) is 0 Å². The Balaban J connectivity index is 2.08. The van der Waals surface area contributed by atoms with Crippen molar-refractivity contribution < 1.29 is 0 Å². The van der Waals surface area contributed by atoms with Gasteiger partial charge in [-0.3, -0.25) is 4.90 Å². The Morgan fingerprint density at radius 2 is 2.00 bits per heavy atom. The lowest BCUT2D eigenvalue weighted by Gasteiger charge is -2.41. The van der Waals surface area contributed by atoms with Gasteiger partial charge in [0.1, 0.15) is 5.82 Å². The molecular formula is C13H22N4. The summed E-state index contributed by atoms with van der Waals surface area (Å²) in [5.74, 6) is 0.567. The van der Waals surface area contributed by atoms with Crippen LogP contribution in [0, 0.1) is 0 Å². The van der Waals surface area contributed by atoms with E-state index in [2.05, 4.69) is 28.9 Å². The first-order valence-electron chi connectivity index (χ1n) is 6.41. The zero-order valence-corrected chi connectivity index (χ0v) is 10.8. The van der Waals surface area contributed by atoms with Crippen LogP contribution in [0.1, 0.15) is 38.7 Å². The van der Waals surface area contributed by atoms with E-state index in [9.17, 15) is 0 Å². The Morgan fingerprint density at radius 3 is 2.65 bits per heavy atom. The molecule has 0 aliphatic carbocycles. The van der Waals surface area contributed by atoms with Gasteiger partial charge in [0.25, 0.3) is 0 Å². The highest BCUT2D eigenvalue weighted by atomic mass is 15.2. The minimum atomic E-state index is 0.150. The van der Waals surface area contributed by atoms with Crippen LogP contribution in [0.4, 0.5) is 5.82 Å². The molecule has 1 saturated heterocycles. The monoisotopic (exact) mass is 234 g/mol. The summed E-state index contributed by atoms with van der Waals surface area (Å²) in [6.07, 6.45) is 6.65. The maximum atomic E-state index is 5.87. The van der Waals surface area contributed by atoms with Gasteiger partial charge in [-0.1, -0.05) is 6.42 Å². The molecule has 1 fully saturated rings. The minimum absolute atomic E-state index is 0.150. The van der Waals surface area contributed by atoms with E-state index in [0.717, 1.165) is 12.0 Å². The van der Waals surface area contributed by atoms with E-state index < -0.39 is 0 Å². The molecule has 17 heavy (non-hydrogen) atoms. The van der Waals surface area contributed by atoms with Crippen LogP contribution in [0.25, 0.3) is 0 Å². The zero-order valence-electron chi connectivity index (χ0n) is 10.8. The number of likely N-dealkylation sites (tertiary alicyclic amines) is 1. The molecule has 1 aliphatic heterocycles. The van der Waals surface area contributed by atoms with Crippen molar-refractivity contribution in [1.82, 2.24) is 15.1 Å². The molecule has 2 rings (SSSR count). The molecule has 0 bridgehead atoms. The van der Waals surface area contributed by atoms with Crippen LogP contribution in [0.2, 0.25) is 0 Å². The molecular weight excluding hydrogens is 212 g/mol. The Hall–Kier alpha value is -1.16. The molecule has 0 amide bonds. The van der Waals surface area contributed by atoms with Crippen molar-refractivity contribution in [2.75, 3.05) is 18.8 Å². The maximum absolute atomic E-state index is 5.87. The zero-order chi connectivity index (χ0) is 12.3. The fourth-order valence-electron chi connectivity index (χ4n) is 2.60. The molecule has 4 heteroatoms. The van der Waals surface area contributed by atoms with Gasteiger partial charge in [0.05, 0.1) is 6.20 Å². The first kappa shape index (κ1) is 12.3. The molecule has 0 atom stereocenters. The number of hydrogen-bond donors (Lipinski definition) is 1. The molecule has 0 saturated carbocycles. The topological polar surface area (TPSA) is 55.0 Å². The van der Waals surface area contributed by atoms with Crippen molar-refractivity contribution in [3.8, 4) is 0 Å². The maximum Gasteiger partial charge on any atom is 0.149 e. The Labute approximate surface area is 103 Å². The molecule has 0 unspecified atom stereocenters. The molecule has 1 aliphatic rings. The second kappa shape index (κ2) is 5.00. The van der Waals surface area contributed by atoms with Crippen LogP contribution >= 0.6 is 0 Å². The van der Waals surface area contributed by atoms with E-state index in [-0.39, 0.29) is 5.54 Å². The fourth-order valence-corrected chi connectivity index (χ4v) is 2.60. The van der Waals surface area contributed by atoms with E-state index in [4.69, 9.17) is 5.73 Å². The lowest BCUT2D eigenvalue weighted by molar-refractivity contribution is 0.0956. The first-order valence-corrected chi connectivity index (χ1v) is 6.41. The van der Waals surface area contributed by atoms with Gasteiger partial charge in [0.15, 0.2) is 0 Å². The van der Waals surface area contributed by atoms with Crippen molar-refractivity contribution in [2.24, 2.45) is 0 Å². The molecule has 1 aromatic heterocycles. The highest BCUT2D eigenvalue weighted by molar-refractivity contribution is 5.37. The van der Waals surface area contributed by atoms with Crippen molar-refractivity contribution in [1.29, 1.82) is 0 Å². The molecule has 0 radical (unpaired) electrons. The van der Waals surface area contributed by atoms with Crippen molar-refractivity contribution >= 4 is 5.82 Å². The SMILES string of the molecule is CC(C)(Cc1ccnnc1N)N1CCCCC1. The predicted molar refractivity (Wildman–Crippen MR) is 69.7 cm³/mol. The van der Waals surface area contributed by atoms with Gasteiger partial charge in [0.2, 0.25) is 0 Å². The first-order chi connectivity index (χ1) is 8.09. The summed E-state index contributed by atoms with van der Waals surface area (Å²) in [4.78, 5) is 2.57. The quantitative estimate of drug-likeness (QED) is 0.867. The lowest BCUT2D eigenvalue weighted by Crippen LogP contribution is -2.48. The Kier molecular flexibility index (Phi) is 3.62. The summed E-state index contributed by atoms with van der Waals surface area (Å²) in [5, 5.41) is 7.72. The standard InChI is InChI=1S/C13H22N4/c1-13(2,17-8-4-3-5-9-17)10-11-6-7-15-16-12(11)14/h6-7H,3-5,8-10H2,1-2H3,(H2,14,16). The summed E-state index contributed by atoms with van der Waals surface area (Å²) >= 11 is 0. The third-order valence-electron chi connectivity index (χ3n) is 3.67.